The van der Waals surface area contributed by atoms with Crippen LogP contribution >= 0.6 is 22.7 Å². The van der Waals surface area contributed by atoms with Crippen LogP contribution in [-0.2, 0) is 0 Å². The summed E-state index contributed by atoms with van der Waals surface area (Å²) in [4.78, 5) is 4.69. The highest BCUT2D eigenvalue weighted by atomic mass is 32.2. The Kier molecular flexibility index (Phi) is 6.21. The predicted molar refractivity (Wildman–Crippen MR) is 184 cm³/mol. The van der Waals surface area contributed by atoms with Crippen LogP contribution in [0.25, 0.3) is 29.6 Å². The van der Waals surface area contributed by atoms with Crippen LogP contribution in [0, 0.1) is 0 Å². The first-order valence-corrected chi connectivity index (χ1v) is 15.7. The first kappa shape index (κ1) is 24.9. The van der Waals surface area contributed by atoms with Crippen molar-refractivity contribution in [2.45, 2.75) is 0 Å². The lowest BCUT2D eigenvalue weighted by atomic mass is 10.1. The van der Waals surface area contributed by atoms with E-state index in [1.807, 2.05) is 22.7 Å². The number of nitrogens with zero attached hydrogens (tertiary/aromatic N) is 2. The largest absolute Gasteiger partial charge is 0.310 e. The molecule has 2 heterocycles. The van der Waals surface area contributed by atoms with E-state index in [9.17, 15) is 0 Å². The zero-order valence-electron chi connectivity index (χ0n) is 22.7. The summed E-state index contributed by atoms with van der Waals surface area (Å²) in [6.45, 7) is 0. The van der Waals surface area contributed by atoms with E-state index in [0.29, 0.717) is 0 Å². The van der Waals surface area contributed by atoms with Crippen LogP contribution in [0.15, 0.2) is 158 Å². The number of hydrogen-bond acceptors (Lipinski definition) is 4. The van der Waals surface area contributed by atoms with Crippen molar-refractivity contribution >= 4 is 86.4 Å². The topological polar surface area (TPSA) is 6.48 Å². The molecule has 8 aromatic rings. The Morgan fingerprint density at radius 3 is 1.00 bits per heavy atom. The Hall–Kier alpha value is -4.90. The second-order valence-electron chi connectivity index (χ2n) is 10.2. The fraction of sp³-hybridized carbons (Fsp3) is 0. The monoisotopic (exact) mass is 574 g/mol. The van der Waals surface area contributed by atoms with Gasteiger partial charge in [-0.05, 0) is 84.9 Å². The minimum Gasteiger partial charge on any atom is -0.310 e. The minimum atomic E-state index is 1.15. The van der Waals surface area contributed by atoms with E-state index in [4.69, 9.17) is 0 Å². The molecule has 4 heteroatoms. The molecule has 0 saturated carbocycles. The number of fused-ring (bicyclic) bond motifs is 5. The van der Waals surface area contributed by atoms with Gasteiger partial charge in [-0.3, -0.25) is 0 Å². The third kappa shape index (κ3) is 4.33. The molecule has 0 N–H and O–H groups in total. The highest BCUT2D eigenvalue weighted by Crippen LogP contribution is 2.48. The molecule has 0 radical (unpaired) electrons. The highest BCUT2D eigenvalue weighted by Gasteiger charge is 2.19. The van der Waals surface area contributed by atoms with Crippen molar-refractivity contribution in [3.8, 4) is 0 Å². The maximum Gasteiger partial charge on any atom is 0.0890 e. The van der Waals surface area contributed by atoms with Gasteiger partial charge in [0.1, 0.15) is 0 Å². The quantitative estimate of drug-likeness (QED) is 0.195. The molecule has 0 fully saturated rings. The third-order valence-corrected chi connectivity index (χ3v) is 10.1. The van der Waals surface area contributed by atoms with Crippen LogP contribution in [-0.4, -0.2) is 0 Å². The molecule has 42 heavy (non-hydrogen) atoms. The Morgan fingerprint density at radius 1 is 0.333 bits per heavy atom. The van der Waals surface area contributed by atoms with Gasteiger partial charge in [-0.1, -0.05) is 72.8 Å². The summed E-state index contributed by atoms with van der Waals surface area (Å²) < 4.78 is 4.00. The van der Waals surface area contributed by atoms with Gasteiger partial charge < -0.3 is 9.80 Å². The van der Waals surface area contributed by atoms with Gasteiger partial charge >= 0.3 is 0 Å². The first-order valence-electron chi connectivity index (χ1n) is 14.0. The van der Waals surface area contributed by atoms with Crippen molar-refractivity contribution < 1.29 is 0 Å². The molecule has 0 atom stereocenters. The van der Waals surface area contributed by atoms with Gasteiger partial charge in [0.25, 0.3) is 0 Å². The number of thiophene rings is 2. The van der Waals surface area contributed by atoms with E-state index in [-0.39, 0.29) is 0 Å². The zero-order valence-corrected chi connectivity index (χ0v) is 24.4. The molecule has 2 aromatic heterocycles. The van der Waals surface area contributed by atoms with Crippen LogP contribution in [0.1, 0.15) is 0 Å². The summed E-state index contributed by atoms with van der Waals surface area (Å²) in [7, 11) is 0. The summed E-state index contributed by atoms with van der Waals surface area (Å²) in [6, 6.07) is 56.3. The lowest BCUT2D eigenvalue weighted by Crippen LogP contribution is -2.09. The molecule has 0 aliphatic heterocycles. The van der Waals surface area contributed by atoms with Crippen LogP contribution in [0.2, 0.25) is 0 Å². The van der Waals surface area contributed by atoms with Gasteiger partial charge in [-0.15, -0.1) is 22.7 Å². The molecule has 8 rings (SSSR count). The molecule has 0 unspecified atom stereocenters. The third-order valence-electron chi connectivity index (χ3n) is 7.65. The van der Waals surface area contributed by atoms with Crippen molar-refractivity contribution in [1.29, 1.82) is 0 Å². The van der Waals surface area contributed by atoms with Crippen molar-refractivity contribution in [1.82, 2.24) is 0 Å². The average Bonchev–Trinajstić information content (AvgIpc) is 3.59. The van der Waals surface area contributed by atoms with E-state index < -0.39 is 0 Å². The molecular formula is C38H26N2S2. The fourth-order valence-corrected chi connectivity index (χ4v) is 8.34. The normalized spacial score (nSPS) is 11.3. The predicted octanol–water partition coefficient (Wildman–Crippen LogP) is 12.2. The van der Waals surface area contributed by atoms with Crippen molar-refractivity contribution in [3.63, 3.8) is 0 Å². The summed E-state index contributed by atoms with van der Waals surface area (Å²) in [5.41, 5.74) is 6.90. The van der Waals surface area contributed by atoms with Crippen LogP contribution in [0.3, 0.4) is 0 Å². The molecule has 6 aromatic carbocycles. The lowest BCUT2D eigenvalue weighted by molar-refractivity contribution is 1.29. The number of hydrogen-bond donors (Lipinski definition) is 0. The van der Waals surface area contributed by atoms with E-state index in [1.165, 1.54) is 29.6 Å². The summed E-state index contributed by atoms with van der Waals surface area (Å²) in [5, 5.41) is 3.96. The van der Waals surface area contributed by atoms with Gasteiger partial charge in [0, 0.05) is 59.7 Å². The van der Waals surface area contributed by atoms with E-state index in [1.54, 1.807) is 0 Å². The molecule has 0 bridgehead atoms. The number of rotatable bonds is 6. The molecule has 0 amide bonds. The molecule has 200 valence electrons. The van der Waals surface area contributed by atoms with Crippen LogP contribution in [0.5, 0.6) is 0 Å². The first-order chi connectivity index (χ1) is 20.8. The van der Waals surface area contributed by atoms with E-state index in [0.717, 1.165) is 34.1 Å². The maximum atomic E-state index is 2.37. The van der Waals surface area contributed by atoms with Crippen molar-refractivity contribution in [3.05, 3.63) is 158 Å². The number of para-hydroxylation sites is 4. The molecule has 2 nitrogen and oxygen atoms in total. The molecule has 0 spiro atoms. The van der Waals surface area contributed by atoms with Gasteiger partial charge in [-0.2, -0.15) is 0 Å². The molecular weight excluding hydrogens is 549 g/mol. The summed E-state index contributed by atoms with van der Waals surface area (Å²) >= 11 is 3.79. The van der Waals surface area contributed by atoms with Crippen LogP contribution in [0.4, 0.5) is 34.1 Å². The second-order valence-corrected chi connectivity index (χ2v) is 12.6. The van der Waals surface area contributed by atoms with Crippen molar-refractivity contribution in [2.75, 3.05) is 9.80 Å². The van der Waals surface area contributed by atoms with Gasteiger partial charge in [0.05, 0.1) is 4.01 Å². The molecule has 0 aliphatic carbocycles. The Bertz CT molecular complexity index is 1900. The SMILES string of the molecule is c1ccc(N(c2ccccc2)c2ccc3sc4sc5ccc(N(c6ccccc6)c6ccccc6)cc5c4c3c2)cc1. The van der Waals surface area contributed by atoms with Crippen molar-refractivity contribution in [2.24, 2.45) is 0 Å². The van der Waals surface area contributed by atoms with Crippen LogP contribution < -0.4 is 9.80 Å². The van der Waals surface area contributed by atoms with E-state index >= 15 is 0 Å². The minimum absolute atomic E-state index is 1.15. The summed E-state index contributed by atoms with van der Waals surface area (Å²) in [6.07, 6.45) is 0. The van der Waals surface area contributed by atoms with Gasteiger partial charge in [-0.25, -0.2) is 0 Å². The van der Waals surface area contributed by atoms with Gasteiger partial charge in [0.15, 0.2) is 0 Å². The van der Waals surface area contributed by atoms with Gasteiger partial charge in [0.2, 0.25) is 0 Å². The number of benzene rings is 6. The molecule has 0 aliphatic rings. The average molecular weight is 575 g/mol. The smallest absolute Gasteiger partial charge is 0.0890 e. The maximum absolute atomic E-state index is 2.37. The lowest BCUT2D eigenvalue weighted by Gasteiger charge is -2.25. The van der Waals surface area contributed by atoms with E-state index in [2.05, 4.69) is 168 Å². The Labute approximate surface area is 253 Å². The summed E-state index contributed by atoms with van der Waals surface area (Å²) in [5.74, 6) is 0. The Balaban J connectivity index is 1.33. The Morgan fingerprint density at radius 2 is 0.667 bits per heavy atom. The fourth-order valence-electron chi connectivity index (χ4n) is 5.77. The second kappa shape index (κ2) is 10.5. The zero-order chi connectivity index (χ0) is 27.9. The molecule has 0 saturated heterocycles. The number of anilines is 6. The standard InChI is InChI=1S/C38H26N2S2/c1-5-13-27(14-6-1)39(28-15-7-2-8-16-28)31-21-23-35-33(25-31)37-34-26-32(22-24-36(34)42-38(37)41-35)40(29-17-9-3-10-18-29)30-19-11-4-12-20-30/h1-26H. The highest BCUT2D eigenvalue weighted by molar-refractivity contribution is 7.44.